The minimum atomic E-state index is -0.435. The fourth-order valence-electron chi connectivity index (χ4n) is 2.96. The second-order valence-corrected chi connectivity index (χ2v) is 5.92. The minimum absolute atomic E-state index is 0.0315. The Morgan fingerprint density at radius 1 is 1.24 bits per heavy atom. The van der Waals surface area contributed by atoms with Gasteiger partial charge in [-0.15, -0.1) is 0 Å². The standard InChI is InChI=1S/C14H25NO2/c1-11-7-3-4-8-12(11)17-13(16)14(2)9-5-6-10-15-14/h11-12,15H,3-10H2,1-2H3. The van der Waals surface area contributed by atoms with Gasteiger partial charge in [0.1, 0.15) is 11.6 Å². The molecule has 0 spiro atoms. The van der Waals surface area contributed by atoms with Gasteiger partial charge in [0, 0.05) is 0 Å². The maximum absolute atomic E-state index is 12.2. The molecule has 17 heavy (non-hydrogen) atoms. The summed E-state index contributed by atoms with van der Waals surface area (Å²) in [5, 5.41) is 3.33. The normalized spacial score (nSPS) is 38.7. The average molecular weight is 239 g/mol. The number of rotatable bonds is 2. The zero-order chi connectivity index (χ0) is 12.3. The van der Waals surface area contributed by atoms with Crippen LogP contribution < -0.4 is 5.32 Å². The maximum atomic E-state index is 12.2. The summed E-state index contributed by atoms with van der Waals surface area (Å²) < 4.78 is 5.74. The van der Waals surface area contributed by atoms with E-state index < -0.39 is 5.54 Å². The third-order valence-corrected chi connectivity index (χ3v) is 4.36. The molecular weight excluding hydrogens is 214 g/mol. The van der Waals surface area contributed by atoms with Crippen LogP contribution in [0.3, 0.4) is 0 Å². The van der Waals surface area contributed by atoms with E-state index in [1.807, 2.05) is 6.92 Å². The van der Waals surface area contributed by atoms with E-state index in [2.05, 4.69) is 12.2 Å². The molecule has 3 nitrogen and oxygen atoms in total. The highest BCUT2D eigenvalue weighted by Gasteiger charge is 2.38. The van der Waals surface area contributed by atoms with Crippen LogP contribution in [-0.4, -0.2) is 24.2 Å². The van der Waals surface area contributed by atoms with Crippen LogP contribution in [0.5, 0.6) is 0 Å². The summed E-state index contributed by atoms with van der Waals surface area (Å²) in [5.74, 6) is 0.496. The van der Waals surface area contributed by atoms with E-state index in [4.69, 9.17) is 4.74 Å². The molecule has 3 heteroatoms. The van der Waals surface area contributed by atoms with Crippen molar-refractivity contribution in [1.82, 2.24) is 5.32 Å². The predicted molar refractivity (Wildman–Crippen MR) is 67.8 cm³/mol. The lowest BCUT2D eigenvalue weighted by Crippen LogP contribution is -2.54. The van der Waals surface area contributed by atoms with E-state index in [-0.39, 0.29) is 12.1 Å². The molecule has 98 valence electrons. The summed E-state index contributed by atoms with van der Waals surface area (Å²) in [4.78, 5) is 12.2. The van der Waals surface area contributed by atoms with Gasteiger partial charge in [-0.1, -0.05) is 13.3 Å². The molecule has 1 aliphatic heterocycles. The molecule has 2 rings (SSSR count). The zero-order valence-corrected chi connectivity index (χ0v) is 11.1. The number of carbonyl (C=O) groups is 1. The van der Waals surface area contributed by atoms with Crippen molar-refractivity contribution in [3.05, 3.63) is 0 Å². The molecule has 3 atom stereocenters. The van der Waals surface area contributed by atoms with E-state index in [9.17, 15) is 4.79 Å². The molecule has 0 bridgehead atoms. The van der Waals surface area contributed by atoms with Gasteiger partial charge in [-0.2, -0.15) is 0 Å². The van der Waals surface area contributed by atoms with Crippen molar-refractivity contribution in [3.63, 3.8) is 0 Å². The van der Waals surface area contributed by atoms with Gasteiger partial charge in [0.2, 0.25) is 0 Å². The van der Waals surface area contributed by atoms with Gasteiger partial charge >= 0.3 is 5.97 Å². The molecule has 0 amide bonds. The van der Waals surface area contributed by atoms with Crippen molar-refractivity contribution in [2.24, 2.45) is 5.92 Å². The van der Waals surface area contributed by atoms with Crippen LogP contribution >= 0.6 is 0 Å². The minimum Gasteiger partial charge on any atom is -0.461 e. The monoisotopic (exact) mass is 239 g/mol. The molecular formula is C14H25NO2. The predicted octanol–water partition coefficient (Wildman–Crippen LogP) is 2.64. The Labute approximate surface area is 104 Å². The molecule has 2 aliphatic rings. The van der Waals surface area contributed by atoms with Crippen molar-refractivity contribution in [2.75, 3.05) is 6.54 Å². The summed E-state index contributed by atoms with van der Waals surface area (Å²) in [6, 6.07) is 0. The van der Waals surface area contributed by atoms with E-state index in [0.29, 0.717) is 5.92 Å². The Morgan fingerprint density at radius 3 is 2.65 bits per heavy atom. The van der Waals surface area contributed by atoms with Gasteiger partial charge in [-0.3, -0.25) is 4.79 Å². The number of esters is 1. The van der Waals surface area contributed by atoms with Crippen LogP contribution in [0.15, 0.2) is 0 Å². The second kappa shape index (κ2) is 5.38. The van der Waals surface area contributed by atoms with Crippen LogP contribution in [0.4, 0.5) is 0 Å². The zero-order valence-electron chi connectivity index (χ0n) is 11.1. The number of hydrogen-bond donors (Lipinski definition) is 1. The van der Waals surface area contributed by atoms with Crippen molar-refractivity contribution < 1.29 is 9.53 Å². The summed E-state index contributed by atoms with van der Waals surface area (Å²) in [6.45, 7) is 5.13. The molecule has 1 saturated carbocycles. The van der Waals surface area contributed by atoms with Crippen LogP contribution in [-0.2, 0) is 9.53 Å². The second-order valence-electron chi connectivity index (χ2n) is 5.92. The highest BCUT2D eigenvalue weighted by molar-refractivity contribution is 5.80. The van der Waals surface area contributed by atoms with E-state index in [1.54, 1.807) is 0 Å². The summed E-state index contributed by atoms with van der Waals surface area (Å²) in [5.41, 5.74) is -0.435. The Hall–Kier alpha value is -0.570. The number of carbonyl (C=O) groups excluding carboxylic acids is 1. The van der Waals surface area contributed by atoms with E-state index >= 15 is 0 Å². The van der Waals surface area contributed by atoms with E-state index in [0.717, 1.165) is 25.8 Å². The molecule has 2 fully saturated rings. The lowest BCUT2D eigenvalue weighted by Gasteiger charge is -2.36. The van der Waals surface area contributed by atoms with Gasteiger partial charge in [-0.05, 0) is 57.9 Å². The maximum Gasteiger partial charge on any atom is 0.326 e. The first kappa shape index (κ1) is 12.9. The first-order valence-electron chi connectivity index (χ1n) is 7.08. The highest BCUT2D eigenvalue weighted by Crippen LogP contribution is 2.29. The first-order valence-corrected chi connectivity index (χ1v) is 7.08. The topological polar surface area (TPSA) is 38.3 Å². The Kier molecular flexibility index (Phi) is 4.08. The lowest BCUT2D eigenvalue weighted by molar-refractivity contribution is -0.161. The lowest BCUT2D eigenvalue weighted by atomic mass is 9.87. The Bertz CT molecular complexity index is 271. The SMILES string of the molecule is CC1CCCCC1OC(=O)C1(C)CCCCN1. The van der Waals surface area contributed by atoms with Gasteiger partial charge in [0.25, 0.3) is 0 Å². The van der Waals surface area contributed by atoms with Crippen molar-refractivity contribution >= 4 is 5.97 Å². The molecule has 0 aromatic rings. The van der Waals surface area contributed by atoms with Crippen molar-refractivity contribution in [3.8, 4) is 0 Å². The van der Waals surface area contributed by atoms with Gasteiger partial charge in [0.05, 0.1) is 0 Å². The highest BCUT2D eigenvalue weighted by atomic mass is 16.5. The average Bonchev–Trinajstić information content (AvgIpc) is 2.33. The molecule has 1 saturated heterocycles. The summed E-state index contributed by atoms with van der Waals surface area (Å²) in [6.07, 6.45) is 8.08. The third-order valence-electron chi connectivity index (χ3n) is 4.36. The van der Waals surface area contributed by atoms with Crippen LogP contribution in [0, 0.1) is 5.92 Å². The van der Waals surface area contributed by atoms with Gasteiger partial charge < -0.3 is 10.1 Å². The van der Waals surface area contributed by atoms with Crippen molar-refractivity contribution in [1.29, 1.82) is 0 Å². The number of piperidine rings is 1. The molecule has 3 unspecified atom stereocenters. The fraction of sp³-hybridized carbons (Fsp3) is 0.929. The van der Waals surface area contributed by atoms with Crippen molar-refractivity contribution in [2.45, 2.75) is 70.4 Å². The van der Waals surface area contributed by atoms with E-state index in [1.165, 1.54) is 25.7 Å². The number of nitrogens with one attached hydrogen (secondary N) is 1. The number of ether oxygens (including phenoxy) is 1. The van der Waals surface area contributed by atoms with Gasteiger partial charge in [0.15, 0.2) is 0 Å². The molecule has 1 heterocycles. The quantitative estimate of drug-likeness (QED) is 0.753. The molecule has 1 aliphatic carbocycles. The summed E-state index contributed by atoms with van der Waals surface area (Å²) in [7, 11) is 0. The molecule has 0 radical (unpaired) electrons. The van der Waals surface area contributed by atoms with Crippen LogP contribution in [0.2, 0.25) is 0 Å². The first-order chi connectivity index (χ1) is 8.12. The van der Waals surface area contributed by atoms with Crippen LogP contribution in [0.1, 0.15) is 58.8 Å². The third kappa shape index (κ3) is 3.01. The molecule has 0 aromatic heterocycles. The largest absolute Gasteiger partial charge is 0.461 e. The number of hydrogen-bond acceptors (Lipinski definition) is 3. The smallest absolute Gasteiger partial charge is 0.326 e. The Morgan fingerprint density at radius 2 is 2.00 bits per heavy atom. The molecule has 1 N–H and O–H groups in total. The summed E-state index contributed by atoms with van der Waals surface area (Å²) >= 11 is 0. The Balaban J connectivity index is 1.90. The fourth-order valence-corrected chi connectivity index (χ4v) is 2.96. The molecule has 0 aromatic carbocycles. The van der Waals surface area contributed by atoms with Gasteiger partial charge in [-0.25, -0.2) is 0 Å². The van der Waals surface area contributed by atoms with Crippen LogP contribution in [0.25, 0.3) is 0 Å².